The van der Waals surface area contributed by atoms with Gasteiger partial charge in [0.1, 0.15) is 0 Å². The molecule has 4 heteroatoms. The van der Waals surface area contributed by atoms with Crippen molar-refractivity contribution in [1.29, 1.82) is 0 Å². The Morgan fingerprint density at radius 1 is 1.06 bits per heavy atom. The van der Waals surface area contributed by atoms with Crippen LogP contribution in [0.1, 0.15) is 0 Å². The van der Waals surface area contributed by atoms with E-state index in [0.717, 1.165) is 11.4 Å². The fourth-order valence-electron chi connectivity index (χ4n) is 1.02. The minimum atomic E-state index is 0.817. The van der Waals surface area contributed by atoms with Gasteiger partial charge in [0.25, 0.3) is 0 Å². The Balaban J connectivity index is 2.24. The molecule has 1 aromatic rings. The second-order valence-electron chi connectivity index (χ2n) is 2.93. The van der Waals surface area contributed by atoms with Crippen molar-refractivity contribution in [3.63, 3.8) is 0 Å². The zero-order valence-corrected chi connectivity index (χ0v) is 9.03. The van der Waals surface area contributed by atoms with Crippen LogP contribution in [-0.2, 0) is 0 Å². The molecule has 84 valence electrons. The molecule has 1 rings (SSSR count). The van der Waals surface area contributed by atoms with E-state index in [1.54, 1.807) is 18.2 Å². The van der Waals surface area contributed by atoms with Crippen LogP contribution in [0.4, 0.5) is 5.69 Å². The van der Waals surface area contributed by atoms with Crippen molar-refractivity contribution in [2.45, 2.75) is 0 Å². The molecule has 0 spiro atoms. The molecular formula is C12H16N4. The highest BCUT2D eigenvalue weighted by Gasteiger charge is 1.88. The van der Waals surface area contributed by atoms with Gasteiger partial charge in [-0.1, -0.05) is 37.4 Å². The predicted octanol–water partition coefficient (Wildman–Crippen LogP) is 1.87. The van der Waals surface area contributed by atoms with E-state index in [2.05, 4.69) is 35.1 Å². The van der Waals surface area contributed by atoms with E-state index in [1.165, 1.54) is 0 Å². The Morgan fingerprint density at radius 2 is 1.81 bits per heavy atom. The first-order valence-corrected chi connectivity index (χ1v) is 4.89. The number of hydrazine groups is 3. The first kappa shape index (κ1) is 12.0. The van der Waals surface area contributed by atoms with Crippen molar-refractivity contribution in [1.82, 2.24) is 16.5 Å². The molecule has 0 saturated heterocycles. The molecule has 0 aliphatic rings. The van der Waals surface area contributed by atoms with E-state index in [1.807, 2.05) is 30.3 Å². The van der Waals surface area contributed by atoms with Gasteiger partial charge in [-0.15, -0.1) is 0 Å². The molecule has 0 atom stereocenters. The minimum Gasteiger partial charge on any atom is -0.307 e. The standard InChI is InChI=1S/C12H16N4/c1-3-8-11(4-2)13-15-16-14-12-9-6-5-7-10-12/h3-10,13-16H,1-2H2/b11-8+. The van der Waals surface area contributed by atoms with E-state index in [-0.39, 0.29) is 0 Å². The van der Waals surface area contributed by atoms with Gasteiger partial charge in [-0.05, 0) is 24.3 Å². The SMILES string of the molecule is C=C/C=C(\C=C)NNNNc1ccccc1. The number of para-hydroxylation sites is 1. The number of rotatable bonds is 7. The molecule has 16 heavy (non-hydrogen) atoms. The number of allylic oxidation sites excluding steroid dienone is 3. The average molecular weight is 216 g/mol. The van der Waals surface area contributed by atoms with Crippen LogP contribution in [0.5, 0.6) is 0 Å². The molecule has 0 amide bonds. The highest BCUT2D eigenvalue weighted by molar-refractivity contribution is 5.40. The molecule has 0 unspecified atom stereocenters. The Morgan fingerprint density at radius 3 is 2.44 bits per heavy atom. The van der Waals surface area contributed by atoms with Crippen molar-refractivity contribution in [2.75, 3.05) is 5.43 Å². The van der Waals surface area contributed by atoms with Gasteiger partial charge in [-0.25, -0.2) is 0 Å². The van der Waals surface area contributed by atoms with E-state index in [4.69, 9.17) is 0 Å². The first-order chi connectivity index (χ1) is 7.86. The summed E-state index contributed by atoms with van der Waals surface area (Å²) in [4.78, 5) is 0. The lowest BCUT2D eigenvalue weighted by Crippen LogP contribution is -2.45. The third-order valence-electron chi connectivity index (χ3n) is 1.77. The van der Waals surface area contributed by atoms with E-state index in [9.17, 15) is 0 Å². The molecule has 0 radical (unpaired) electrons. The van der Waals surface area contributed by atoms with Gasteiger partial charge in [-0.2, -0.15) is 11.1 Å². The quantitative estimate of drug-likeness (QED) is 0.319. The number of anilines is 1. The molecule has 0 bridgehead atoms. The number of hydrogen-bond acceptors (Lipinski definition) is 4. The summed E-state index contributed by atoms with van der Waals surface area (Å²) in [5, 5.41) is 0. The third-order valence-corrected chi connectivity index (χ3v) is 1.77. The second kappa shape index (κ2) is 7.28. The highest BCUT2D eigenvalue weighted by atomic mass is 15.7. The van der Waals surface area contributed by atoms with Crippen molar-refractivity contribution in [3.8, 4) is 0 Å². The van der Waals surface area contributed by atoms with Crippen molar-refractivity contribution < 1.29 is 0 Å². The first-order valence-electron chi connectivity index (χ1n) is 4.89. The molecule has 0 aromatic heterocycles. The summed E-state index contributed by atoms with van der Waals surface area (Å²) in [7, 11) is 0. The zero-order chi connectivity index (χ0) is 11.6. The fourth-order valence-corrected chi connectivity index (χ4v) is 1.02. The molecular weight excluding hydrogens is 200 g/mol. The topological polar surface area (TPSA) is 48.1 Å². The lowest BCUT2D eigenvalue weighted by molar-refractivity contribution is 0.524. The molecule has 0 aliphatic heterocycles. The monoisotopic (exact) mass is 216 g/mol. The van der Waals surface area contributed by atoms with Gasteiger partial charge in [0.15, 0.2) is 0 Å². The Labute approximate surface area is 95.7 Å². The van der Waals surface area contributed by atoms with Crippen LogP contribution in [0, 0.1) is 0 Å². The molecule has 0 aliphatic carbocycles. The molecule has 0 heterocycles. The van der Waals surface area contributed by atoms with E-state index < -0.39 is 0 Å². The summed E-state index contributed by atoms with van der Waals surface area (Å²) in [6.45, 7) is 7.25. The van der Waals surface area contributed by atoms with Gasteiger partial charge in [-0.3, -0.25) is 0 Å². The van der Waals surface area contributed by atoms with Crippen LogP contribution in [0.2, 0.25) is 0 Å². The van der Waals surface area contributed by atoms with Crippen molar-refractivity contribution in [3.05, 3.63) is 67.4 Å². The maximum atomic E-state index is 3.65. The van der Waals surface area contributed by atoms with Crippen molar-refractivity contribution in [2.24, 2.45) is 0 Å². The summed E-state index contributed by atoms with van der Waals surface area (Å²) in [5.41, 5.74) is 13.2. The smallest absolute Gasteiger partial charge is 0.0501 e. The summed E-state index contributed by atoms with van der Waals surface area (Å²) in [6, 6.07) is 9.75. The summed E-state index contributed by atoms with van der Waals surface area (Å²) >= 11 is 0. The molecule has 0 saturated carbocycles. The Kier molecular flexibility index (Phi) is 5.47. The summed E-state index contributed by atoms with van der Waals surface area (Å²) in [6.07, 6.45) is 5.15. The highest BCUT2D eigenvalue weighted by Crippen LogP contribution is 2.01. The molecule has 4 nitrogen and oxygen atoms in total. The van der Waals surface area contributed by atoms with Crippen molar-refractivity contribution >= 4 is 5.69 Å². The number of hydrogen-bond donors (Lipinski definition) is 4. The maximum Gasteiger partial charge on any atom is 0.0501 e. The molecule has 1 aromatic carbocycles. The van der Waals surface area contributed by atoms with Gasteiger partial charge in [0.2, 0.25) is 0 Å². The summed E-state index contributed by atoms with van der Waals surface area (Å²) in [5.74, 6) is 0. The van der Waals surface area contributed by atoms with Crippen LogP contribution in [0.15, 0.2) is 67.4 Å². The number of nitrogens with one attached hydrogen (secondary N) is 4. The van der Waals surface area contributed by atoms with Gasteiger partial charge in [0, 0.05) is 5.70 Å². The number of benzene rings is 1. The van der Waals surface area contributed by atoms with Crippen LogP contribution in [0.3, 0.4) is 0 Å². The van der Waals surface area contributed by atoms with E-state index >= 15 is 0 Å². The van der Waals surface area contributed by atoms with Crippen LogP contribution < -0.4 is 21.9 Å². The van der Waals surface area contributed by atoms with Crippen LogP contribution >= 0.6 is 0 Å². The molecule has 4 N–H and O–H groups in total. The predicted molar refractivity (Wildman–Crippen MR) is 67.9 cm³/mol. The fraction of sp³-hybridized carbons (Fsp3) is 0. The third kappa shape index (κ3) is 4.45. The van der Waals surface area contributed by atoms with Gasteiger partial charge >= 0.3 is 0 Å². The lowest BCUT2D eigenvalue weighted by atomic mass is 10.3. The zero-order valence-electron chi connectivity index (χ0n) is 9.03. The normalized spacial score (nSPS) is 10.6. The molecule has 0 fully saturated rings. The second-order valence-corrected chi connectivity index (χ2v) is 2.93. The minimum absolute atomic E-state index is 0.817. The summed E-state index contributed by atoms with van der Waals surface area (Å²) < 4.78 is 0. The lowest BCUT2D eigenvalue weighted by Gasteiger charge is -2.11. The Bertz CT molecular complexity index is 357. The van der Waals surface area contributed by atoms with Crippen LogP contribution in [0.25, 0.3) is 0 Å². The Hall–Kier alpha value is -2.04. The largest absolute Gasteiger partial charge is 0.307 e. The van der Waals surface area contributed by atoms with Gasteiger partial charge in [0.05, 0.1) is 5.69 Å². The van der Waals surface area contributed by atoms with Crippen LogP contribution in [-0.4, -0.2) is 0 Å². The maximum absolute atomic E-state index is 3.65. The average Bonchev–Trinajstić information content (AvgIpc) is 2.34. The van der Waals surface area contributed by atoms with Gasteiger partial charge < -0.3 is 10.9 Å². The van der Waals surface area contributed by atoms with E-state index in [0.29, 0.717) is 0 Å².